The number of non-ortho nitro benzene ring substituents is 1. The maximum atomic E-state index is 10.7. The molecule has 110 valence electrons. The van der Waals surface area contributed by atoms with Gasteiger partial charge in [-0.05, 0) is 57.1 Å². The lowest BCUT2D eigenvalue weighted by atomic mass is 9.96. The molecule has 0 unspecified atom stereocenters. The number of rotatable bonds is 5. The van der Waals surface area contributed by atoms with Gasteiger partial charge in [0.15, 0.2) is 0 Å². The number of nitro groups is 1. The fourth-order valence-electron chi connectivity index (χ4n) is 2.66. The molecule has 0 atom stereocenters. The fraction of sp³-hybridized carbons (Fsp3) is 0.571. The third-order valence-electron chi connectivity index (χ3n) is 3.84. The van der Waals surface area contributed by atoms with Crippen molar-refractivity contribution in [3.8, 4) is 0 Å². The minimum Gasteiger partial charge on any atom is -0.319 e. The Kier molecular flexibility index (Phi) is 5.34. The summed E-state index contributed by atoms with van der Waals surface area (Å²) in [4.78, 5) is 12.6. The van der Waals surface area contributed by atoms with Gasteiger partial charge in [0.05, 0.1) is 9.95 Å². The van der Waals surface area contributed by atoms with E-state index >= 15 is 0 Å². The van der Waals surface area contributed by atoms with Crippen molar-refractivity contribution in [3.05, 3.63) is 38.9 Å². The first-order valence-corrected chi connectivity index (χ1v) is 7.27. The molecule has 0 spiro atoms. The van der Waals surface area contributed by atoms with Crippen LogP contribution in [-0.2, 0) is 6.54 Å². The fourth-order valence-corrected chi connectivity index (χ4v) is 2.89. The topological polar surface area (TPSA) is 58.4 Å². The SMILES string of the molecule is CNCC1CCN(Cc2ccc([N+](=O)[O-])cc2Cl)CC1. The van der Waals surface area contributed by atoms with Gasteiger partial charge in [-0.1, -0.05) is 11.6 Å². The molecule has 1 aliphatic heterocycles. The van der Waals surface area contributed by atoms with E-state index in [1.165, 1.54) is 25.0 Å². The van der Waals surface area contributed by atoms with Crippen molar-refractivity contribution in [2.24, 2.45) is 5.92 Å². The molecule has 5 nitrogen and oxygen atoms in total. The van der Waals surface area contributed by atoms with E-state index in [4.69, 9.17) is 11.6 Å². The number of nitro benzene ring substituents is 1. The van der Waals surface area contributed by atoms with Crippen LogP contribution in [0, 0.1) is 16.0 Å². The van der Waals surface area contributed by atoms with Gasteiger partial charge in [-0.15, -0.1) is 0 Å². The average Bonchev–Trinajstić information content (AvgIpc) is 2.43. The van der Waals surface area contributed by atoms with E-state index in [0.29, 0.717) is 5.02 Å². The zero-order valence-electron chi connectivity index (χ0n) is 11.6. The summed E-state index contributed by atoms with van der Waals surface area (Å²) >= 11 is 6.13. The lowest BCUT2D eigenvalue weighted by Crippen LogP contribution is -2.36. The maximum absolute atomic E-state index is 10.7. The van der Waals surface area contributed by atoms with E-state index in [-0.39, 0.29) is 5.69 Å². The number of nitrogens with one attached hydrogen (secondary N) is 1. The zero-order chi connectivity index (χ0) is 14.5. The Morgan fingerprint density at radius 1 is 1.45 bits per heavy atom. The lowest BCUT2D eigenvalue weighted by Gasteiger charge is -2.32. The van der Waals surface area contributed by atoms with E-state index < -0.39 is 4.92 Å². The Bertz CT molecular complexity index is 473. The molecule has 1 aromatic carbocycles. The molecule has 0 aliphatic carbocycles. The number of likely N-dealkylation sites (tertiary alicyclic amines) is 1. The summed E-state index contributed by atoms with van der Waals surface area (Å²) in [6, 6.07) is 4.72. The minimum atomic E-state index is -0.418. The van der Waals surface area contributed by atoms with Gasteiger partial charge in [0.25, 0.3) is 5.69 Å². The largest absolute Gasteiger partial charge is 0.319 e. The molecule has 1 aliphatic rings. The number of benzene rings is 1. The number of piperidine rings is 1. The Labute approximate surface area is 124 Å². The van der Waals surface area contributed by atoms with Crippen molar-refractivity contribution >= 4 is 17.3 Å². The Hall–Kier alpha value is -1.17. The van der Waals surface area contributed by atoms with E-state index in [9.17, 15) is 10.1 Å². The monoisotopic (exact) mass is 297 g/mol. The van der Waals surface area contributed by atoms with Crippen molar-refractivity contribution in [1.29, 1.82) is 0 Å². The van der Waals surface area contributed by atoms with Crippen molar-refractivity contribution in [2.75, 3.05) is 26.7 Å². The zero-order valence-corrected chi connectivity index (χ0v) is 12.4. The van der Waals surface area contributed by atoms with E-state index in [1.807, 2.05) is 7.05 Å². The first-order chi connectivity index (χ1) is 9.60. The first kappa shape index (κ1) is 15.2. The molecule has 1 heterocycles. The van der Waals surface area contributed by atoms with Crippen molar-refractivity contribution < 1.29 is 4.92 Å². The van der Waals surface area contributed by atoms with Crippen LogP contribution in [0.15, 0.2) is 18.2 Å². The summed E-state index contributed by atoms with van der Waals surface area (Å²) in [6.45, 7) is 3.95. The first-order valence-electron chi connectivity index (χ1n) is 6.90. The van der Waals surface area contributed by atoms with Gasteiger partial charge in [-0.25, -0.2) is 0 Å². The quantitative estimate of drug-likeness (QED) is 0.670. The second-order valence-electron chi connectivity index (χ2n) is 5.31. The molecule has 1 fully saturated rings. The van der Waals surface area contributed by atoms with Gasteiger partial charge >= 0.3 is 0 Å². The molecule has 20 heavy (non-hydrogen) atoms. The number of halogens is 1. The highest BCUT2D eigenvalue weighted by molar-refractivity contribution is 6.31. The lowest BCUT2D eigenvalue weighted by molar-refractivity contribution is -0.384. The van der Waals surface area contributed by atoms with E-state index in [2.05, 4.69) is 10.2 Å². The molecule has 0 bridgehead atoms. The van der Waals surface area contributed by atoms with Crippen molar-refractivity contribution in [1.82, 2.24) is 10.2 Å². The third kappa shape index (κ3) is 3.91. The second-order valence-corrected chi connectivity index (χ2v) is 5.72. The summed E-state index contributed by atoms with van der Waals surface area (Å²) in [5.41, 5.74) is 1.01. The molecular weight excluding hydrogens is 278 g/mol. The van der Waals surface area contributed by atoms with Crippen LogP contribution in [0.25, 0.3) is 0 Å². The van der Waals surface area contributed by atoms with Crippen molar-refractivity contribution in [2.45, 2.75) is 19.4 Å². The summed E-state index contributed by atoms with van der Waals surface area (Å²) in [5.74, 6) is 0.753. The predicted molar refractivity (Wildman–Crippen MR) is 80.0 cm³/mol. The summed E-state index contributed by atoms with van der Waals surface area (Å²) < 4.78 is 0. The van der Waals surface area contributed by atoms with Gasteiger partial charge in [0.2, 0.25) is 0 Å². The Morgan fingerprint density at radius 3 is 2.70 bits per heavy atom. The van der Waals surface area contributed by atoms with Crippen LogP contribution in [0.3, 0.4) is 0 Å². The van der Waals surface area contributed by atoms with Crippen LogP contribution in [0.2, 0.25) is 5.02 Å². The van der Waals surface area contributed by atoms with Gasteiger partial charge in [0, 0.05) is 18.7 Å². The summed E-state index contributed by atoms with van der Waals surface area (Å²) in [6.07, 6.45) is 2.37. The smallest absolute Gasteiger partial charge is 0.270 e. The van der Waals surface area contributed by atoms with Gasteiger partial charge < -0.3 is 5.32 Å². The molecule has 2 rings (SSSR count). The Morgan fingerprint density at radius 2 is 2.15 bits per heavy atom. The summed E-state index contributed by atoms with van der Waals surface area (Å²) in [7, 11) is 1.99. The second kappa shape index (κ2) is 7.02. The van der Waals surface area contributed by atoms with E-state index in [0.717, 1.165) is 37.7 Å². The van der Waals surface area contributed by atoms with Crippen LogP contribution in [0.4, 0.5) is 5.69 Å². The van der Waals surface area contributed by atoms with Crippen LogP contribution in [0.5, 0.6) is 0 Å². The number of hydrogen-bond donors (Lipinski definition) is 1. The van der Waals surface area contributed by atoms with Crippen molar-refractivity contribution in [3.63, 3.8) is 0 Å². The maximum Gasteiger partial charge on any atom is 0.270 e. The highest BCUT2D eigenvalue weighted by atomic mass is 35.5. The van der Waals surface area contributed by atoms with Crippen LogP contribution in [0.1, 0.15) is 18.4 Å². The third-order valence-corrected chi connectivity index (χ3v) is 4.19. The Balaban J connectivity index is 1.93. The van der Waals surface area contributed by atoms with Gasteiger partial charge in [-0.3, -0.25) is 15.0 Å². The predicted octanol–water partition coefficient (Wildman–Crippen LogP) is 2.68. The van der Waals surface area contributed by atoms with Crippen LogP contribution >= 0.6 is 11.6 Å². The van der Waals surface area contributed by atoms with E-state index in [1.54, 1.807) is 6.07 Å². The van der Waals surface area contributed by atoms with Gasteiger partial charge in [-0.2, -0.15) is 0 Å². The summed E-state index contributed by atoms with van der Waals surface area (Å²) in [5, 5.41) is 14.4. The minimum absolute atomic E-state index is 0.0477. The number of hydrogen-bond acceptors (Lipinski definition) is 4. The molecule has 1 N–H and O–H groups in total. The highest BCUT2D eigenvalue weighted by Crippen LogP contribution is 2.25. The standard InChI is InChI=1S/C14H20ClN3O2/c1-16-9-11-4-6-17(7-5-11)10-12-2-3-13(18(19)20)8-14(12)15/h2-3,8,11,16H,4-7,9-10H2,1H3. The highest BCUT2D eigenvalue weighted by Gasteiger charge is 2.19. The number of nitrogens with zero attached hydrogens (tertiary/aromatic N) is 2. The molecule has 0 aromatic heterocycles. The molecule has 0 radical (unpaired) electrons. The average molecular weight is 298 g/mol. The molecule has 6 heteroatoms. The van der Waals surface area contributed by atoms with Gasteiger partial charge in [0.1, 0.15) is 0 Å². The van der Waals surface area contributed by atoms with Crippen LogP contribution < -0.4 is 5.32 Å². The molecular formula is C14H20ClN3O2. The van der Waals surface area contributed by atoms with Crippen LogP contribution in [-0.4, -0.2) is 36.5 Å². The molecule has 0 saturated carbocycles. The molecule has 1 aromatic rings. The molecule has 1 saturated heterocycles. The molecule has 0 amide bonds. The normalized spacial score (nSPS) is 17.3.